The minimum Gasteiger partial charge on any atom is -0.494 e. The van der Waals surface area contributed by atoms with Gasteiger partial charge in [0.25, 0.3) is 0 Å². The number of benzene rings is 2. The number of methoxy groups -OCH3 is 2. The Morgan fingerprint density at radius 3 is 1.50 bits per heavy atom. The molecule has 1 heterocycles. The molecule has 0 radical (unpaired) electrons. The Kier molecular flexibility index (Phi) is 4.24. The Hall–Kier alpha value is -3.21. The number of hydrogen-bond donors (Lipinski definition) is 2. The SMILES string of the molecule is COc1c(N)cccc1-c1cccc(-c2cccc(N)c2OC)n1. The van der Waals surface area contributed by atoms with Crippen LogP contribution < -0.4 is 20.9 Å². The average Bonchev–Trinajstić information content (AvgIpc) is 2.61. The van der Waals surface area contributed by atoms with Gasteiger partial charge >= 0.3 is 0 Å². The van der Waals surface area contributed by atoms with Crippen LogP contribution in [0.4, 0.5) is 11.4 Å². The number of pyridine rings is 1. The Morgan fingerprint density at radius 2 is 1.08 bits per heavy atom. The summed E-state index contributed by atoms with van der Waals surface area (Å²) in [5, 5.41) is 0. The fourth-order valence-electron chi connectivity index (χ4n) is 2.70. The number of ether oxygens (including phenoxy) is 2. The lowest BCUT2D eigenvalue weighted by Gasteiger charge is -2.13. The molecule has 24 heavy (non-hydrogen) atoms. The summed E-state index contributed by atoms with van der Waals surface area (Å²) in [6.45, 7) is 0. The van der Waals surface area contributed by atoms with Gasteiger partial charge in [0.1, 0.15) is 0 Å². The van der Waals surface area contributed by atoms with Gasteiger partial charge in [0.2, 0.25) is 0 Å². The highest BCUT2D eigenvalue weighted by Gasteiger charge is 2.14. The summed E-state index contributed by atoms with van der Waals surface area (Å²) in [7, 11) is 3.19. The van der Waals surface area contributed by atoms with E-state index in [2.05, 4.69) is 0 Å². The Balaban J connectivity index is 2.15. The van der Waals surface area contributed by atoms with E-state index in [4.69, 9.17) is 25.9 Å². The molecular formula is C19H19N3O2. The first-order valence-corrected chi connectivity index (χ1v) is 7.48. The standard InChI is InChI=1S/C19H19N3O2/c1-23-18-12(6-3-8-14(18)20)16-10-5-11-17(22-16)13-7-4-9-15(21)19(13)24-2/h3-11H,20-21H2,1-2H3. The fraction of sp³-hybridized carbons (Fsp3) is 0.105. The second-order valence-electron chi connectivity index (χ2n) is 5.26. The number of nitrogens with zero attached hydrogens (tertiary/aromatic N) is 1. The van der Waals surface area contributed by atoms with Crippen molar-refractivity contribution in [3.05, 3.63) is 54.6 Å². The number of aromatic nitrogens is 1. The minimum absolute atomic E-state index is 0.573. The lowest BCUT2D eigenvalue weighted by Crippen LogP contribution is -1.98. The van der Waals surface area contributed by atoms with Crippen molar-refractivity contribution in [1.29, 1.82) is 0 Å². The van der Waals surface area contributed by atoms with E-state index in [-0.39, 0.29) is 0 Å². The zero-order chi connectivity index (χ0) is 17.1. The van der Waals surface area contributed by atoms with Crippen LogP contribution in [0.15, 0.2) is 54.6 Å². The van der Waals surface area contributed by atoms with E-state index in [9.17, 15) is 0 Å². The molecule has 0 aliphatic rings. The molecule has 2 aromatic carbocycles. The van der Waals surface area contributed by atoms with Crippen LogP contribution in [0.5, 0.6) is 11.5 Å². The summed E-state index contributed by atoms with van der Waals surface area (Å²) in [4.78, 5) is 4.74. The average molecular weight is 321 g/mol. The number of para-hydroxylation sites is 2. The second-order valence-corrected chi connectivity index (χ2v) is 5.26. The summed E-state index contributed by atoms with van der Waals surface area (Å²) in [6, 6.07) is 17.0. The number of rotatable bonds is 4. The number of hydrogen-bond acceptors (Lipinski definition) is 5. The van der Waals surface area contributed by atoms with Crippen LogP contribution in [0.1, 0.15) is 0 Å². The van der Waals surface area contributed by atoms with E-state index in [1.54, 1.807) is 26.4 Å². The van der Waals surface area contributed by atoms with Crippen molar-refractivity contribution < 1.29 is 9.47 Å². The van der Waals surface area contributed by atoms with Gasteiger partial charge in [0.15, 0.2) is 11.5 Å². The summed E-state index contributed by atoms with van der Waals surface area (Å²) in [5.74, 6) is 1.23. The van der Waals surface area contributed by atoms with Gasteiger partial charge in [0, 0.05) is 11.1 Å². The van der Waals surface area contributed by atoms with E-state index >= 15 is 0 Å². The third kappa shape index (κ3) is 2.72. The van der Waals surface area contributed by atoms with Crippen molar-refractivity contribution in [2.75, 3.05) is 25.7 Å². The third-order valence-electron chi connectivity index (χ3n) is 3.80. The fourth-order valence-corrected chi connectivity index (χ4v) is 2.70. The predicted molar refractivity (Wildman–Crippen MR) is 97.0 cm³/mol. The highest BCUT2D eigenvalue weighted by Crippen LogP contribution is 2.37. The molecule has 0 unspecified atom stereocenters. The lowest BCUT2D eigenvalue weighted by atomic mass is 10.1. The predicted octanol–water partition coefficient (Wildman–Crippen LogP) is 3.60. The molecule has 3 aromatic rings. The van der Waals surface area contributed by atoms with Crippen LogP contribution in [-0.4, -0.2) is 19.2 Å². The quantitative estimate of drug-likeness (QED) is 0.717. The second kappa shape index (κ2) is 6.50. The molecule has 1 aromatic heterocycles. The zero-order valence-electron chi connectivity index (χ0n) is 13.6. The van der Waals surface area contributed by atoms with Gasteiger partial charge in [-0.15, -0.1) is 0 Å². The maximum absolute atomic E-state index is 5.99. The third-order valence-corrected chi connectivity index (χ3v) is 3.80. The van der Waals surface area contributed by atoms with Crippen LogP contribution in [0.25, 0.3) is 22.5 Å². The van der Waals surface area contributed by atoms with E-state index in [1.165, 1.54) is 0 Å². The van der Waals surface area contributed by atoms with Gasteiger partial charge in [-0.2, -0.15) is 0 Å². The Morgan fingerprint density at radius 1 is 0.667 bits per heavy atom. The monoisotopic (exact) mass is 321 g/mol. The van der Waals surface area contributed by atoms with E-state index < -0.39 is 0 Å². The van der Waals surface area contributed by atoms with Crippen LogP contribution in [0.2, 0.25) is 0 Å². The molecule has 0 aliphatic carbocycles. The van der Waals surface area contributed by atoms with Gasteiger partial charge in [-0.05, 0) is 36.4 Å². The molecule has 0 saturated carbocycles. The summed E-state index contributed by atoms with van der Waals surface area (Å²) < 4.78 is 10.9. The molecule has 0 aliphatic heterocycles. The molecule has 0 saturated heterocycles. The van der Waals surface area contributed by atoms with Gasteiger partial charge in [0.05, 0.1) is 37.0 Å². The first kappa shape index (κ1) is 15.7. The molecule has 0 amide bonds. The topological polar surface area (TPSA) is 83.4 Å². The summed E-state index contributed by atoms with van der Waals surface area (Å²) in [5.41, 5.74) is 16.3. The number of anilines is 2. The first-order valence-electron chi connectivity index (χ1n) is 7.48. The Labute approximate surface area is 140 Å². The first-order chi connectivity index (χ1) is 11.7. The lowest BCUT2D eigenvalue weighted by molar-refractivity contribution is 0.418. The molecule has 0 bridgehead atoms. The van der Waals surface area contributed by atoms with Crippen molar-refractivity contribution in [1.82, 2.24) is 4.98 Å². The smallest absolute Gasteiger partial charge is 0.151 e. The normalized spacial score (nSPS) is 10.4. The zero-order valence-corrected chi connectivity index (χ0v) is 13.6. The van der Waals surface area contributed by atoms with E-state index in [1.807, 2.05) is 42.5 Å². The van der Waals surface area contributed by atoms with Crippen molar-refractivity contribution >= 4 is 11.4 Å². The largest absolute Gasteiger partial charge is 0.494 e. The van der Waals surface area contributed by atoms with Crippen LogP contribution >= 0.6 is 0 Å². The molecule has 4 N–H and O–H groups in total. The molecule has 5 heteroatoms. The Bertz CT molecular complexity index is 809. The van der Waals surface area contributed by atoms with Crippen molar-refractivity contribution in [2.45, 2.75) is 0 Å². The highest BCUT2D eigenvalue weighted by atomic mass is 16.5. The maximum Gasteiger partial charge on any atom is 0.151 e. The molecule has 3 rings (SSSR count). The van der Waals surface area contributed by atoms with Gasteiger partial charge in [-0.3, -0.25) is 0 Å². The molecule has 0 spiro atoms. The van der Waals surface area contributed by atoms with Crippen LogP contribution in [0, 0.1) is 0 Å². The molecule has 122 valence electrons. The van der Waals surface area contributed by atoms with E-state index in [0.29, 0.717) is 22.9 Å². The van der Waals surface area contributed by atoms with Crippen molar-refractivity contribution in [3.63, 3.8) is 0 Å². The van der Waals surface area contributed by atoms with Gasteiger partial charge < -0.3 is 20.9 Å². The maximum atomic E-state index is 5.99. The van der Waals surface area contributed by atoms with E-state index in [0.717, 1.165) is 22.5 Å². The van der Waals surface area contributed by atoms with Crippen molar-refractivity contribution in [3.8, 4) is 34.0 Å². The molecule has 5 nitrogen and oxygen atoms in total. The molecular weight excluding hydrogens is 302 g/mol. The molecule has 0 fully saturated rings. The summed E-state index contributed by atoms with van der Waals surface area (Å²) >= 11 is 0. The van der Waals surface area contributed by atoms with Gasteiger partial charge in [-0.1, -0.05) is 18.2 Å². The van der Waals surface area contributed by atoms with Crippen LogP contribution in [0.3, 0.4) is 0 Å². The van der Waals surface area contributed by atoms with Crippen molar-refractivity contribution in [2.24, 2.45) is 0 Å². The molecule has 0 atom stereocenters. The highest BCUT2D eigenvalue weighted by molar-refractivity contribution is 5.79. The number of nitrogen functional groups attached to an aromatic ring is 2. The minimum atomic E-state index is 0.573. The summed E-state index contributed by atoms with van der Waals surface area (Å²) in [6.07, 6.45) is 0. The van der Waals surface area contributed by atoms with Gasteiger partial charge in [-0.25, -0.2) is 4.98 Å². The van der Waals surface area contributed by atoms with Crippen LogP contribution in [-0.2, 0) is 0 Å². The number of nitrogens with two attached hydrogens (primary N) is 2.